The van der Waals surface area contributed by atoms with Gasteiger partial charge in [-0.25, -0.2) is 9.97 Å². The van der Waals surface area contributed by atoms with Gasteiger partial charge in [0.05, 0.1) is 22.9 Å². The second kappa shape index (κ2) is 14.4. The maximum absolute atomic E-state index is 13.4. The number of halogens is 1. The molecule has 0 saturated carbocycles. The molecule has 2 amide bonds. The molecular weight excluding hydrogens is 550 g/mol. The first-order valence-corrected chi connectivity index (χ1v) is 13.9. The van der Waals surface area contributed by atoms with Gasteiger partial charge in [0.15, 0.2) is 5.69 Å². The first-order valence-electron chi connectivity index (χ1n) is 12.3. The molecule has 0 spiro atoms. The lowest BCUT2D eigenvalue weighted by Gasteiger charge is -2.19. The Morgan fingerprint density at radius 3 is 2.55 bits per heavy atom. The molecule has 0 bridgehead atoms. The Labute approximate surface area is 241 Å². The summed E-state index contributed by atoms with van der Waals surface area (Å²) in [7, 11) is 0. The lowest BCUT2D eigenvalue weighted by Crippen LogP contribution is -2.30. The number of nitrogens with two attached hydrogens (primary N) is 1. The molecule has 0 radical (unpaired) electrons. The highest BCUT2D eigenvalue weighted by Gasteiger charge is 2.20. The highest BCUT2D eigenvalue weighted by Crippen LogP contribution is 2.27. The van der Waals surface area contributed by atoms with E-state index in [9.17, 15) is 9.59 Å². The lowest BCUT2D eigenvalue weighted by atomic mass is 10.1. The molecule has 1 unspecified atom stereocenters. The smallest absolute Gasteiger partial charge is 0.277 e. The first-order chi connectivity index (χ1) is 19.5. The number of aromatic nitrogens is 2. The van der Waals surface area contributed by atoms with Crippen LogP contribution >= 0.6 is 23.4 Å². The van der Waals surface area contributed by atoms with Gasteiger partial charge in [0.2, 0.25) is 0 Å². The molecule has 0 fully saturated rings. The third-order valence-corrected chi connectivity index (χ3v) is 6.64. The Balaban J connectivity index is 1.47. The number of hydrogen-bond acceptors (Lipinski definition) is 8. The van der Waals surface area contributed by atoms with Gasteiger partial charge >= 0.3 is 0 Å². The van der Waals surface area contributed by atoms with Crippen LogP contribution in [0.25, 0.3) is 0 Å². The van der Waals surface area contributed by atoms with Crippen LogP contribution in [-0.2, 0) is 11.3 Å². The molecule has 0 aliphatic rings. The van der Waals surface area contributed by atoms with Crippen LogP contribution in [0.3, 0.4) is 0 Å². The Morgan fingerprint density at radius 1 is 1.00 bits per heavy atom. The molecule has 0 saturated heterocycles. The third-order valence-electron chi connectivity index (χ3n) is 5.69. The molecule has 1 atom stereocenters. The summed E-state index contributed by atoms with van der Waals surface area (Å²) in [5, 5.41) is 5.87. The predicted molar refractivity (Wildman–Crippen MR) is 157 cm³/mol. The largest absolute Gasteiger partial charge is 0.490 e. The maximum atomic E-state index is 13.4. The van der Waals surface area contributed by atoms with E-state index in [1.807, 2.05) is 42.7 Å². The van der Waals surface area contributed by atoms with Crippen LogP contribution in [0, 0.1) is 0 Å². The van der Waals surface area contributed by atoms with Gasteiger partial charge < -0.3 is 25.8 Å². The lowest BCUT2D eigenvalue weighted by molar-refractivity contribution is 0.0150. The summed E-state index contributed by atoms with van der Waals surface area (Å²) in [4.78, 5) is 35.4. The fourth-order valence-corrected chi connectivity index (χ4v) is 4.13. The van der Waals surface area contributed by atoms with Crippen LogP contribution < -0.4 is 21.1 Å². The van der Waals surface area contributed by atoms with E-state index in [2.05, 4.69) is 20.6 Å². The van der Waals surface area contributed by atoms with Crippen molar-refractivity contribution in [2.75, 3.05) is 30.0 Å². The number of rotatable bonds is 12. The molecule has 4 N–H and O–H groups in total. The molecule has 0 aliphatic heterocycles. The predicted octanol–water partition coefficient (Wildman–Crippen LogP) is 5.28. The highest BCUT2D eigenvalue weighted by molar-refractivity contribution is 7.98. The molecule has 9 nitrogen and oxygen atoms in total. The summed E-state index contributed by atoms with van der Waals surface area (Å²) in [6.07, 6.45) is 4.43. The maximum Gasteiger partial charge on any atom is 0.277 e. The van der Waals surface area contributed by atoms with Gasteiger partial charge in [0, 0.05) is 23.8 Å². The van der Waals surface area contributed by atoms with Gasteiger partial charge in [-0.15, -0.1) is 11.8 Å². The number of ether oxygens (including phenoxy) is 2. The second-order valence-corrected chi connectivity index (χ2v) is 9.81. The van der Waals surface area contributed by atoms with E-state index < -0.39 is 11.8 Å². The van der Waals surface area contributed by atoms with Crippen molar-refractivity contribution in [2.45, 2.75) is 17.6 Å². The Kier molecular flexibility index (Phi) is 10.5. The number of amides is 2. The average Bonchev–Trinajstić information content (AvgIpc) is 2.99. The fourth-order valence-electron chi connectivity index (χ4n) is 3.59. The Bertz CT molecular complexity index is 1440. The molecule has 206 valence electrons. The van der Waals surface area contributed by atoms with E-state index in [-0.39, 0.29) is 36.2 Å². The summed E-state index contributed by atoms with van der Waals surface area (Å²) in [6, 6.07) is 21.4. The van der Waals surface area contributed by atoms with Gasteiger partial charge in [-0.3, -0.25) is 9.59 Å². The van der Waals surface area contributed by atoms with Crippen molar-refractivity contribution in [3.8, 4) is 5.75 Å². The van der Waals surface area contributed by atoms with E-state index in [1.165, 1.54) is 24.2 Å². The van der Waals surface area contributed by atoms with Crippen LogP contribution in [-0.4, -0.2) is 47.3 Å². The minimum atomic E-state index is -0.540. The van der Waals surface area contributed by atoms with E-state index in [4.69, 9.17) is 26.8 Å². The van der Waals surface area contributed by atoms with Gasteiger partial charge in [0.1, 0.15) is 24.3 Å². The summed E-state index contributed by atoms with van der Waals surface area (Å²) >= 11 is 7.39. The third kappa shape index (κ3) is 8.03. The van der Waals surface area contributed by atoms with Crippen molar-refractivity contribution < 1.29 is 19.1 Å². The molecule has 2 aromatic heterocycles. The molecule has 4 aromatic rings. The number of hydrogen-bond donors (Lipinski definition) is 3. The van der Waals surface area contributed by atoms with Crippen molar-refractivity contribution >= 4 is 46.7 Å². The number of thioether (sulfide) groups is 1. The highest BCUT2D eigenvalue weighted by atomic mass is 35.5. The zero-order valence-corrected chi connectivity index (χ0v) is 23.2. The summed E-state index contributed by atoms with van der Waals surface area (Å²) in [6.45, 7) is 0.783. The molecule has 2 aromatic carbocycles. The van der Waals surface area contributed by atoms with Gasteiger partial charge in [-0.2, -0.15) is 0 Å². The number of anilines is 2. The number of carbonyl (C=O) groups is 2. The van der Waals surface area contributed by atoms with Crippen LogP contribution in [0.4, 0.5) is 11.5 Å². The minimum absolute atomic E-state index is 0.0216. The zero-order valence-electron chi connectivity index (χ0n) is 21.7. The summed E-state index contributed by atoms with van der Waals surface area (Å²) < 4.78 is 12.0. The van der Waals surface area contributed by atoms with Crippen molar-refractivity contribution in [3.63, 3.8) is 0 Å². The SMILES string of the molecule is CSc1ccc(C(=O)Nc2cccnc2C(=O)Nc2ccc(Cl)cn2)c(OCC(CN)OCc2ccccc2)c1. The van der Waals surface area contributed by atoms with Crippen LogP contribution in [0.2, 0.25) is 5.02 Å². The van der Waals surface area contributed by atoms with Gasteiger partial charge in [0.25, 0.3) is 11.8 Å². The van der Waals surface area contributed by atoms with E-state index in [1.54, 1.807) is 36.4 Å². The minimum Gasteiger partial charge on any atom is -0.490 e. The van der Waals surface area contributed by atoms with E-state index in [0.717, 1.165) is 10.5 Å². The van der Waals surface area contributed by atoms with Crippen LogP contribution in [0.1, 0.15) is 26.4 Å². The fraction of sp³-hybridized carbons (Fsp3) is 0.172. The number of carbonyl (C=O) groups excluding carboxylic acids is 2. The van der Waals surface area contributed by atoms with E-state index in [0.29, 0.717) is 23.2 Å². The number of nitrogens with zero attached hydrogens (tertiary/aromatic N) is 2. The standard InChI is InChI=1S/C29H28ClN5O4S/c1-40-22-10-11-23(25(14-22)39-18-21(15-31)38-17-19-6-3-2-4-7-19)28(36)34-24-8-5-13-32-27(24)29(37)35-26-12-9-20(30)16-33-26/h2-14,16,21H,15,17-18,31H2,1H3,(H,34,36)(H,33,35,37). The summed E-state index contributed by atoms with van der Waals surface area (Å²) in [5.74, 6) is -0.346. The topological polar surface area (TPSA) is 128 Å². The first kappa shape index (κ1) is 29.0. The number of nitrogens with one attached hydrogen (secondary N) is 2. The van der Waals surface area contributed by atoms with Crippen molar-refractivity contribution in [1.82, 2.24) is 9.97 Å². The van der Waals surface area contributed by atoms with Crippen LogP contribution in [0.15, 0.2) is 90.1 Å². The van der Waals surface area contributed by atoms with Crippen molar-refractivity contribution in [2.24, 2.45) is 5.73 Å². The molecule has 11 heteroatoms. The Morgan fingerprint density at radius 2 is 1.82 bits per heavy atom. The van der Waals surface area contributed by atoms with Gasteiger partial charge in [-0.05, 0) is 54.3 Å². The van der Waals surface area contributed by atoms with E-state index >= 15 is 0 Å². The molecule has 2 heterocycles. The number of benzene rings is 2. The average molecular weight is 578 g/mol. The quantitative estimate of drug-likeness (QED) is 0.194. The van der Waals surface area contributed by atoms with Gasteiger partial charge in [-0.1, -0.05) is 41.9 Å². The summed E-state index contributed by atoms with van der Waals surface area (Å²) in [5.41, 5.74) is 7.47. The molecule has 4 rings (SSSR count). The zero-order chi connectivity index (χ0) is 28.3. The molecule has 40 heavy (non-hydrogen) atoms. The Hall–Kier alpha value is -3.96. The van der Waals surface area contributed by atoms with Crippen molar-refractivity contribution in [1.29, 1.82) is 0 Å². The second-order valence-electron chi connectivity index (χ2n) is 8.50. The monoisotopic (exact) mass is 577 g/mol. The van der Waals surface area contributed by atoms with Crippen LogP contribution in [0.5, 0.6) is 5.75 Å². The van der Waals surface area contributed by atoms with Crippen molar-refractivity contribution in [3.05, 3.63) is 107 Å². The normalized spacial score (nSPS) is 11.5. The number of pyridine rings is 2. The molecular formula is C29H28ClN5O4S. The molecule has 0 aliphatic carbocycles.